The first-order valence-corrected chi connectivity index (χ1v) is 7.03. The lowest BCUT2D eigenvalue weighted by Crippen LogP contribution is -2.38. The summed E-state index contributed by atoms with van der Waals surface area (Å²) in [5.41, 5.74) is 1.96. The minimum absolute atomic E-state index is 0.0185. The van der Waals surface area contributed by atoms with Gasteiger partial charge in [0.1, 0.15) is 12.4 Å². The van der Waals surface area contributed by atoms with Crippen LogP contribution in [0.15, 0.2) is 24.3 Å². The molecule has 1 heterocycles. The summed E-state index contributed by atoms with van der Waals surface area (Å²) in [4.78, 5) is 16.6. The summed E-state index contributed by atoms with van der Waals surface area (Å²) < 4.78 is 1.99. The number of hydrogen-bond donors (Lipinski definition) is 2. The molecule has 1 aromatic heterocycles. The van der Waals surface area contributed by atoms with E-state index in [-0.39, 0.29) is 11.9 Å². The highest BCUT2D eigenvalue weighted by molar-refractivity contribution is 5.81. The number of aryl methyl sites for hydroxylation is 1. The van der Waals surface area contributed by atoms with Crippen LogP contribution in [0.4, 0.5) is 0 Å². The first-order chi connectivity index (χ1) is 9.65. The molecule has 5 heteroatoms. The fourth-order valence-corrected chi connectivity index (χ4v) is 2.14. The standard InChI is InChI=1S/C15H22N4O/c1-4-14-18-12-7-5-6-8-13(12)19(14)10-15(20)17-9-11(2)16-3/h5-8,11,16H,4,9-10H2,1-3H3,(H,17,20). The zero-order valence-corrected chi connectivity index (χ0v) is 12.3. The number of aromatic nitrogens is 2. The topological polar surface area (TPSA) is 59.0 Å². The van der Waals surface area contributed by atoms with Crippen molar-refractivity contribution in [3.8, 4) is 0 Å². The molecule has 2 N–H and O–H groups in total. The normalized spacial score (nSPS) is 12.6. The van der Waals surface area contributed by atoms with Crippen LogP contribution in [0, 0.1) is 0 Å². The Balaban J connectivity index is 2.14. The molecule has 108 valence electrons. The molecule has 0 aliphatic rings. The Labute approximate surface area is 119 Å². The number of nitrogens with one attached hydrogen (secondary N) is 2. The zero-order valence-electron chi connectivity index (χ0n) is 12.3. The predicted molar refractivity (Wildman–Crippen MR) is 80.6 cm³/mol. The van der Waals surface area contributed by atoms with Gasteiger partial charge in [-0.3, -0.25) is 4.79 Å². The first-order valence-electron chi connectivity index (χ1n) is 7.03. The highest BCUT2D eigenvalue weighted by Crippen LogP contribution is 2.16. The van der Waals surface area contributed by atoms with E-state index < -0.39 is 0 Å². The van der Waals surface area contributed by atoms with E-state index in [1.807, 2.05) is 42.8 Å². The number of carbonyl (C=O) groups is 1. The summed E-state index contributed by atoms with van der Waals surface area (Å²) in [6.07, 6.45) is 0.814. The summed E-state index contributed by atoms with van der Waals surface area (Å²) in [6.45, 7) is 5.03. The quantitative estimate of drug-likeness (QED) is 0.835. The lowest BCUT2D eigenvalue weighted by molar-refractivity contribution is -0.121. The third-order valence-corrected chi connectivity index (χ3v) is 3.45. The van der Waals surface area contributed by atoms with Gasteiger partial charge in [-0.15, -0.1) is 0 Å². The van der Waals surface area contributed by atoms with Crippen LogP contribution in [-0.4, -0.2) is 35.1 Å². The number of imidazole rings is 1. The number of hydrogen-bond acceptors (Lipinski definition) is 3. The third kappa shape index (κ3) is 3.17. The van der Waals surface area contributed by atoms with Crippen molar-refractivity contribution in [1.82, 2.24) is 20.2 Å². The van der Waals surface area contributed by atoms with Crippen molar-refractivity contribution >= 4 is 16.9 Å². The lowest BCUT2D eigenvalue weighted by atomic mass is 10.3. The van der Waals surface area contributed by atoms with Crippen molar-refractivity contribution < 1.29 is 4.79 Å². The van der Waals surface area contributed by atoms with E-state index >= 15 is 0 Å². The van der Waals surface area contributed by atoms with Crippen LogP contribution in [0.3, 0.4) is 0 Å². The lowest BCUT2D eigenvalue weighted by Gasteiger charge is -2.13. The van der Waals surface area contributed by atoms with Gasteiger partial charge in [0, 0.05) is 19.0 Å². The molecule has 0 bridgehead atoms. The summed E-state index contributed by atoms with van der Waals surface area (Å²) in [5, 5.41) is 6.04. The summed E-state index contributed by atoms with van der Waals surface area (Å²) >= 11 is 0. The minimum atomic E-state index is 0.0185. The molecule has 1 atom stereocenters. The number of rotatable bonds is 6. The van der Waals surface area contributed by atoms with E-state index in [2.05, 4.69) is 22.5 Å². The molecule has 0 saturated carbocycles. The van der Waals surface area contributed by atoms with Crippen molar-refractivity contribution in [3.05, 3.63) is 30.1 Å². The molecule has 2 aromatic rings. The van der Waals surface area contributed by atoms with Gasteiger partial charge in [-0.25, -0.2) is 4.98 Å². The molecule has 1 aromatic carbocycles. The monoisotopic (exact) mass is 274 g/mol. The molecule has 0 radical (unpaired) electrons. The largest absolute Gasteiger partial charge is 0.353 e. The zero-order chi connectivity index (χ0) is 14.5. The van der Waals surface area contributed by atoms with Crippen LogP contribution >= 0.6 is 0 Å². The maximum Gasteiger partial charge on any atom is 0.240 e. The maximum atomic E-state index is 12.1. The molecule has 20 heavy (non-hydrogen) atoms. The molecule has 0 aliphatic carbocycles. The Hall–Kier alpha value is -1.88. The van der Waals surface area contributed by atoms with Gasteiger partial charge in [-0.05, 0) is 26.1 Å². The van der Waals surface area contributed by atoms with Crippen LogP contribution < -0.4 is 10.6 Å². The molecule has 2 rings (SSSR count). The fraction of sp³-hybridized carbons (Fsp3) is 0.467. The van der Waals surface area contributed by atoms with Gasteiger partial charge >= 0.3 is 0 Å². The van der Waals surface area contributed by atoms with E-state index in [0.29, 0.717) is 13.1 Å². The average Bonchev–Trinajstić information content (AvgIpc) is 2.83. The molecule has 0 spiro atoms. The van der Waals surface area contributed by atoms with Gasteiger partial charge in [-0.1, -0.05) is 19.1 Å². The molecule has 1 unspecified atom stereocenters. The molecule has 0 fully saturated rings. The second-order valence-corrected chi connectivity index (χ2v) is 4.95. The van der Waals surface area contributed by atoms with Crippen molar-refractivity contribution in [1.29, 1.82) is 0 Å². The van der Waals surface area contributed by atoms with Gasteiger partial charge < -0.3 is 15.2 Å². The highest BCUT2D eigenvalue weighted by Gasteiger charge is 2.12. The number of likely N-dealkylation sites (N-methyl/N-ethyl adjacent to an activating group) is 1. The SMILES string of the molecule is CCc1nc2ccccc2n1CC(=O)NCC(C)NC. The van der Waals surface area contributed by atoms with Crippen LogP contribution in [0.2, 0.25) is 0 Å². The van der Waals surface area contributed by atoms with Crippen molar-refractivity contribution in [2.45, 2.75) is 32.9 Å². The third-order valence-electron chi connectivity index (χ3n) is 3.45. The van der Waals surface area contributed by atoms with Crippen LogP contribution in [0.25, 0.3) is 11.0 Å². The van der Waals surface area contributed by atoms with E-state index in [0.717, 1.165) is 23.3 Å². The van der Waals surface area contributed by atoms with Crippen molar-refractivity contribution in [2.75, 3.05) is 13.6 Å². The number of amides is 1. The Morgan fingerprint density at radius 1 is 1.40 bits per heavy atom. The molecule has 0 aliphatic heterocycles. The fourth-order valence-electron chi connectivity index (χ4n) is 2.14. The van der Waals surface area contributed by atoms with E-state index in [1.54, 1.807) is 0 Å². The number of fused-ring (bicyclic) bond motifs is 1. The van der Waals surface area contributed by atoms with Gasteiger partial charge in [0.2, 0.25) is 5.91 Å². The molecular weight excluding hydrogens is 252 g/mol. The second-order valence-electron chi connectivity index (χ2n) is 4.95. The summed E-state index contributed by atoms with van der Waals surface area (Å²) in [6, 6.07) is 8.19. The van der Waals surface area contributed by atoms with Gasteiger partial charge in [0.25, 0.3) is 0 Å². The average molecular weight is 274 g/mol. The van der Waals surface area contributed by atoms with Crippen LogP contribution in [0.5, 0.6) is 0 Å². The number of para-hydroxylation sites is 2. The van der Waals surface area contributed by atoms with Crippen LogP contribution in [0.1, 0.15) is 19.7 Å². The Bertz CT molecular complexity index is 591. The van der Waals surface area contributed by atoms with Gasteiger partial charge in [0.15, 0.2) is 0 Å². The molecule has 1 amide bonds. The molecule has 0 saturated heterocycles. The van der Waals surface area contributed by atoms with Gasteiger partial charge in [0.05, 0.1) is 11.0 Å². The minimum Gasteiger partial charge on any atom is -0.353 e. The van der Waals surface area contributed by atoms with E-state index in [1.165, 1.54) is 0 Å². The second kappa shape index (κ2) is 6.52. The van der Waals surface area contributed by atoms with Crippen molar-refractivity contribution in [2.24, 2.45) is 0 Å². The number of carbonyl (C=O) groups excluding carboxylic acids is 1. The Morgan fingerprint density at radius 3 is 2.85 bits per heavy atom. The van der Waals surface area contributed by atoms with E-state index in [9.17, 15) is 4.79 Å². The highest BCUT2D eigenvalue weighted by atomic mass is 16.1. The first kappa shape index (κ1) is 14.5. The Kier molecular flexibility index (Phi) is 4.74. The molecule has 5 nitrogen and oxygen atoms in total. The Morgan fingerprint density at radius 2 is 2.15 bits per heavy atom. The summed E-state index contributed by atoms with van der Waals surface area (Å²) in [5.74, 6) is 0.966. The smallest absolute Gasteiger partial charge is 0.240 e. The van der Waals surface area contributed by atoms with Gasteiger partial charge in [-0.2, -0.15) is 0 Å². The van der Waals surface area contributed by atoms with E-state index in [4.69, 9.17) is 0 Å². The number of nitrogens with zero attached hydrogens (tertiary/aromatic N) is 2. The predicted octanol–water partition coefficient (Wildman–Crippen LogP) is 1.32. The molecular formula is C15H22N4O. The maximum absolute atomic E-state index is 12.1. The summed E-state index contributed by atoms with van der Waals surface area (Å²) in [7, 11) is 1.88. The van der Waals surface area contributed by atoms with Crippen molar-refractivity contribution in [3.63, 3.8) is 0 Å². The number of benzene rings is 1. The van der Waals surface area contributed by atoms with Crippen LogP contribution in [-0.2, 0) is 17.8 Å².